The Morgan fingerprint density at radius 2 is 2.00 bits per heavy atom. The molecule has 0 aliphatic carbocycles. The Balaban J connectivity index is 2.11. The third-order valence-electron chi connectivity index (χ3n) is 2.82. The Hall–Kier alpha value is -0.940. The number of hydrogen-bond acceptors (Lipinski definition) is 3. The zero-order valence-electron chi connectivity index (χ0n) is 8.82. The van der Waals surface area contributed by atoms with Crippen molar-refractivity contribution in [3.8, 4) is 0 Å². The predicted molar refractivity (Wildman–Crippen MR) is 60.5 cm³/mol. The van der Waals surface area contributed by atoms with E-state index in [1.165, 1.54) is 12.1 Å². The average molecular weight is 243 g/mol. The Bertz CT molecular complexity index is 455. The summed E-state index contributed by atoms with van der Waals surface area (Å²) >= 11 is 0. The molecule has 5 heteroatoms. The maximum absolute atomic E-state index is 12.7. The first-order valence-corrected chi connectivity index (χ1v) is 6.96. The number of halogens is 1. The quantitative estimate of drug-likeness (QED) is 0.834. The molecule has 1 unspecified atom stereocenters. The van der Waals surface area contributed by atoms with E-state index in [-0.39, 0.29) is 16.8 Å². The molecule has 1 N–H and O–H groups in total. The van der Waals surface area contributed by atoms with Gasteiger partial charge in [0.2, 0.25) is 0 Å². The van der Waals surface area contributed by atoms with Crippen LogP contribution in [-0.2, 0) is 16.3 Å². The molecule has 0 amide bonds. The van der Waals surface area contributed by atoms with Gasteiger partial charge in [0.25, 0.3) is 0 Å². The maximum atomic E-state index is 12.7. The zero-order chi connectivity index (χ0) is 11.6. The van der Waals surface area contributed by atoms with E-state index >= 15 is 0 Å². The van der Waals surface area contributed by atoms with Gasteiger partial charge in [0.1, 0.15) is 5.82 Å². The van der Waals surface area contributed by atoms with Gasteiger partial charge >= 0.3 is 0 Å². The second kappa shape index (κ2) is 4.51. The summed E-state index contributed by atoms with van der Waals surface area (Å²) in [5, 5.41) is 2.69. The van der Waals surface area contributed by atoms with E-state index in [0.717, 1.165) is 5.56 Å². The van der Waals surface area contributed by atoms with E-state index in [9.17, 15) is 12.8 Å². The molecule has 0 bridgehead atoms. The van der Waals surface area contributed by atoms with E-state index in [4.69, 9.17) is 0 Å². The van der Waals surface area contributed by atoms with Crippen LogP contribution in [0.5, 0.6) is 0 Å². The molecule has 1 aromatic rings. The van der Waals surface area contributed by atoms with Gasteiger partial charge < -0.3 is 5.32 Å². The summed E-state index contributed by atoms with van der Waals surface area (Å²) in [7, 11) is -2.99. The van der Waals surface area contributed by atoms with Gasteiger partial charge in [-0.2, -0.15) is 0 Å². The van der Waals surface area contributed by atoms with Crippen molar-refractivity contribution in [2.24, 2.45) is 0 Å². The predicted octanol–water partition coefficient (Wildman–Crippen LogP) is 0.755. The van der Waals surface area contributed by atoms with Crippen LogP contribution in [0.25, 0.3) is 0 Å². The fraction of sp³-hybridized carbons (Fsp3) is 0.455. The molecule has 1 atom stereocenters. The molecule has 16 heavy (non-hydrogen) atoms. The summed E-state index contributed by atoms with van der Waals surface area (Å²) in [5.74, 6) is -0.104. The second-order valence-electron chi connectivity index (χ2n) is 4.02. The Morgan fingerprint density at radius 3 is 2.62 bits per heavy atom. The average Bonchev–Trinajstić information content (AvgIpc) is 2.24. The molecule has 0 spiro atoms. The van der Waals surface area contributed by atoms with E-state index in [2.05, 4.69) is 5.32 Å². The van der Waals surface area contributed by atoms with Crippen molar-refractivity contribution in [1.82, 2.24) is 5.32 Å². The largest absolute Gasteiger partial charge is 0.314 e. The summed E-state index contributed by atoms with van der Waals surface area (Å²) in [5.41, 5.74) is 0.860. The van der Waals surface area contributed by atoms with Gasteiger partial charge in [-0.3, -0.25) is 0 Å². The van der Waals surface area contributed by atoms with E-state index in [0.29, 0.717) is 19.5 Å². The minimum absolute atomic E-state index is 0.193. The molecule has 0 aromatic heterocycles. The van der Waals surface area contributed by atoms with Crippen LogP contribution in [0.1, 0.15) is 5.56 Å². The summed E-state index contributed by atoms with van der Waals surface area (Å²) < 4.78 is 36.2. The first-order valence-electron chi connectivity index (χ1n) is 5.25. The molecule has 1 aliphatic heterocycles. The van der Waals surface area contributed by atoms with Gasteiger partial charge in [-0.15, -0.1) is 0 Å². The van der Waals surface area contributed by atoms with Gasteiger partial charge in [0, 0.05) is 13.1 Å². The van der Waals surface area contributed by atoms with Crippen LogP contribution >= 0.6 is 0 Å². The molecule has 1 heterocycles. The fourth-order valence-electron chi connectivity index (χ4n) is 1.85. The van der Waals surface area contributed by atoms with Crippen LogP contribution in [0.15, 0.2) is 24.3 Å². The molecule has 0 saturated carbocycles. The van der Waals surface area contributed by atoms with Crippen molar-refractivity contribution in [3.63, 3.8) is 0 Å². The number of hydrogen-bond donors (Lipinski definition) is 1. The van der Waals surface area contributed by atoms with Crippen LogP contribution < -0.4 is 5.32 Å². The highest BCUT2D eigenvalue weighted by Crippen LogP contribution is 2.13. The lowest BCUT2D eigenvalue weighted by Gasteiger charge is -2.23. The Morgan fingerprint density at radius 1 is 1.31 bits per heavy atom. The molecule has 1 aromatic carbocycles. The molecule has 1 fully saturated rings. The molecule has 1 saturated heterocycles. The lowest BCUT2D eigenvalue weighted by Crippen LogP contribution is -2.44. The highest BCUT2D eigenvalue weighted by Gasteiger charge is 2.28. The molecule has 0 radical (unpaired) electrons. The van der Waals surface area contributed by atoms with Gasteiger partial charge in [0.15, 0.2) is 9.84 Å². The van der Waals surface area contributed by atoms with Crippen molar-refractivity contribution in [2.75, 3.05) is 18.8 Å². The normalized spacial score (nSPS) is 24.2. The first-order chi connectivity index (χ1) is 7.58. The molecular formula is C11H14FNO2S. The van der Waals surface area contributed by atoms with Gasteiger partial charge in [-0.1, -0.05) is 12.1 Å². The van der Waals surface area contributed by atoms with Crippen LogP contribution in [0.2, 0.25) is 0 Å². The van der Waals surface area contributed by atoms with Crippen LogP contribution in [0.3, 0.4) is 0 Å². The smallest absolute Gasteiger partial charge is 0.155 e. The molecule has 3 nitrogen and oxygen atoms in total. The van der Waals surface area contributed by atoms with E-state index in [1.54, 1.807) is 12.1 Å². The maximum Gasteiger partial charge on any atom is 0.155 e. The van der Waals surface area contributed by atoms with E-state index < -0.39 is 9.84 Å². The van der Waals surface area contributed by atoms with Crippen molar-refractivity contribution >= 4 is 9.84 Å². The Labute approximate surface area is 94.6 Å². The topological polar surface area (TPSA) is 46.2 Å². The van der Waals surface area contributed by atoms with Gasteiger partial charge in [-0.05, 0) is 24.1 Å². The van der Waals surface area contributed by atoms with Crippen LogP contribution in [0, 0.1) is 5.82 Å². The second-order valence-corrected chi connectivity index (χ2v) is 6.42. The fourth-order valence-corrected chi connectivity index (χ4v) is 3.43. The van der Waals surface area contributed by atoms with E-state index in [1.807, 2.05) is 0 Å². The number of benzene rings is 1. The first kappa shape index (κ1) is 11.5. The highest BCUT2D eigenvalue weighted by molar-refractivity contribution is 7.92. The lowest BCUT2D eigenvalue weighted by molar-refractivity contribution is 0.543. The van der Waals surface area contributed by atoms with Crippen molar-refractivity contribution in [3.05, 3.63) is 35.6 Å². The molecule has 2 rings (SSSR count). The third kappa shape index (κ3) is 2.59. The van der Waals surface area contributed by atoms with Crippen LogP contribution in [0.4, 0.5) is 4.39 Å². The van der Waals surface area contributed by atoms with Crippen molar-refractivity contribution in [1.29, 1.82) is 0 Å². The molecule has 88 valence electrons. The minimum atomic E-state index is -2.99. The van der Waals surface area contributed by atoms with Crippen molar-refractivity contribution in [2.45, 2.75) is 11.7 Å². The monoisotopic (exact) mass is 243 g/mol. The third-order valence-corrected chi connectivity index (χ3v) is 4.94. The molecule has 1 aliphatic rings. The number of rotatable bonds is 2. The number of nitrogens with one attached hydrogen (secondary N) is 1. The minimum Gasteiger partial charge on any atom is -0.314 e. The van der Waals surface area contributed by atoms with Crippen molar-refractivity contribution < 1.29 is 12.8 Å². The SMILES string of the molecule is O=S1(=O)CCNCC1Cc1ccc(F)cc1. The lowest BCUT2D eigenvalue weighted by atomic mass is 10.1. The zero-order valence-corrected chi connectivity index (χ0v) is 9.63. The highest BCUT2D eigenvalue weighted by atomic mass is 32.2. The van der Waals surface area contributed by atoms with Gasteiger partial charge in [-0.25, -0.2) is 12.8 Å². The number of sulfone groups is 1. The summed E-state index contributed by atoms with van der Waals surface area (Å²) in [6.07, 6.45) is 0.454. The van der Waals surface area contributed by atoms with Gasteiger partial charge in [0.05, 0.1) is 11.0 Å². The van der Waals surface area contributed by atoms with Crippen LogP contribution in [-0.4, -0.2) is 32.5 Å². The molecular weight excluding hydrogens is 229 g/mol. The standard InChI is InChI=1S/C11H14FNO2S/c12-10-3-1-9(2-4-10)7-11-8-13-5-6-16(11,14)15/h1-4,11,13H,5-8H2. The summed E-state index contributed by atoms with van der Waals surface area (Å²) in [6, 6.07) is 6.00. The Kier molecular flexibility index (Phi) is 3.25. The summed E-state index contributed by atoms with van der Waals surface area (Å²) in [4.78, 5) is 0. The summed E-state index contributed by atoms with van der Waals surface area (Å²) in [6.45, 7) is 1.02.